The Hall–Kier alpha value is -0.630. The van der Waals surface area contributed by atoms with Gasteiger partial charge in [-0.05, 0) is 35.9 Å². The van der Waals surface area contributed by atoms with Crippen LogP contribution < -0.4 is 4.74 Å². The normalized spacial score (nSPS) is 10.5. The fourth-order valence-corrected chi connectivity index (χ4v) is 2.03. The molecule has 0 unspecified atom stereocenters. The van der Waals surface area contributed by atoms with Crippen LogP contribution in [0, 0.1) is 0 Å². The first kappa shape index (κ1) is 10.5. The van der Waals surface area contributed by atoms with Crippen molar-refractivity contribution in [3.63, 3.8) is 0 Å². The number of ether oxygens (including phenoxy) is 1. The molecule has 0 bridgehead atoms. The molecule has 2 heteroatoms. The predicted octanol–water partition coefficient (Wildman–Crippen LogP) is 3.54. The number of hydrogen-bond acceptors (Lipinski definition) is 2. The topological polar surface area (TPSA) is 9.23 Å². The molecule has 0 aliphatic heterocycles. The average Bonchev–Trinajstić information content (AvgIpc) is 2.16. The largest absolute Gasteiger partial charge is 0.497 e. The van der Waals surface area contributed by atoms with Gasteiger partial charge in [0, 0.05) is 4.90 Å². The first-order chi connectivity index (χ1) is 6.19. The number of hydrogen-bond donors (Lipinski definition) is 0. The zero-order valence-corrected chi connectivity index (χ0v) is 9.44. The van der Waals surface area contributed by atoms with E-state index >= 15 is 0 Å². The van der Waals surface area contributed by atoms with E-state index in [-0.39, 0.29) is 0 Å². The van der Waals surface area contributed by atoms with Crippen LogP contribution >= 0.6 is 11.8 Å². The van der Waals surface area contributed by atoms with Crippen LogP contribution in [0.3, 0.4) is 0 Å². The summed E-state index contributed by atoms with van der Waals surface area (Å²) in [7, 11) is 1.71. The minimum absolute atomic E-state index is 0.553. The zero-order valence-electron chi connectivity index (χ0n) is 8.63. The Bertz CT molecular complexity index is 281. The molecule has 1 rings (SSSR count). The summed E-state index contributed by atoms with van der Waals surface area (Å²) in [5.41, 5.74) is 1.37. The van der Waals surface area contributed by atoms with Crippen LogP contribution in [0.1, 0.15) is 25.3 Å². The highest BCUT2D eigenvalue weighted by atomic mass is 32.2. The van der Waals surface area contributed by atoms with Crippen molar-refractivity contribution in [1.82, 2.24) is 0 Å². The summed E-state index contributed by atoms with van der Waals surface area (Å²) in [6.45, 7) is 4.41. The molecule has 0 aliphatic carbocycles. The smallest absolute Gasteiger partial charge is 0.119 e. The van der Waals surface area contributed by atoms with Gasteiger partial charge in [0.15, 0.2) is 0 Å². The van der Waals surface area contributed by atoms with Crippen LogP contribution in [-0.2, 0) is 0 Å². The molecule has 0 atom stereocenters. The Labute approximate surface area is 84.5 Å². The highest BCUT2D eigenvalue weighted by molar-refractivity contribution is 7.98. The Morgan fingerprint density at radius 1 is 1.31 bits per heavy atom. The van der Waals surface area contributed by atoms with Crippen molar-refractivity contribution in [2.45, 2.75) is 24.7 Å². The van der Waals surface area contributed by atoms with Crippen LogP contribution in [0.15, 0.2) is 23.1 Å². The van der Waals surface area contributed by atoms with E-state index in [4.69, 9.17) is 4.74 Å². The van der Waals surface area contributed by atoms with Crippen LogP contribution in [0.2, 0.25) is 0 Å². The van der Waals surface area contributed by atoms with Gasteiger partial charge < -0.3 is 4.74 Å². The molecule has 0 spiro atoms. The second-order valence-corrected chi connectivity index (χ2v) is 4.11. The molecule has 0 fully saturated rings. The van der Waals surface area contributed by atoms with Crippen molar-refractivity contribution in [2.75, 3.05) is 13.4 Å². The van der Waals surface area contributed by atoms with Gasteiger partial charge in [-0.3, -0.25) is 0 Å². The van der Waals surface area contributed by atoms with E-state index in [9.17, 15) is 0 Å². The summed E-state index contributed by atoms with van der Waals surface area (Å²) in [5, 5.41) is 0. The Morgan fingerprint density at radius 2 is 2.00 bits per heavy atom. The van der Waals surface area contributed by atoms with Crippen molar-refractivity contribution in [2.24, 2.45) is 0 Å². The average molecular weight is 196 g/mol. The molecule has 0 amide bonds. The summed E-state index contributed by atoms with van der Waals surface area (Å²) in [6.07, 6.45) is 2.10. The number of benzene rings is 1. The predicted molar refractivity (Wildman–Crippen MR) is 58.9 cm³/mol. The second-order valence-electron chi connectivity index (χ2n) is 3.26. The number of rotatable bonds is 3. The van der Waals surface area contributed by atoms with E-state index < -0.39 is 0 Å². The van der Waals surface area contributed by atoms with Gasteiger partial charge in [0.2, 0.25) is 0 Å². The van der Waals surface area contributed by atoms with Crippen molar-refractivity contribution in [1.29, 1.82) is 0 Å². The van der Waals surface area contributed by atoms with Crippen molar-refractivity contribution in [3.8, 4) is 5.75 Å². The molecule has 1 aromatic rings. The standard InChI is InChI=1S/C11H16OS/c1-8(2)10-7-9(12-3)5-6-11(10)13-4/h5-8H,1-4H3. The SMILES string of the molecule is COc1ccc(SC)c(C(C)C)c1. The van der Waals surface area contributed by atoms with Crippen LogP contribution in [-0.4, -0.2) is 13.4 Å². The third-order valence-corrected chi connectivity index (χ3v) is 2.87. The minimum atomic E-state index is 0.553. The highest BCUT2D eigenvalue weighted by Crippen LogP contribution is 2.30. The number of methoxy groups -OCH3 is 1. The fraction of sp³-hybridized carbons (Fsp3) is 0.455. The lowest BCUT2D eigenvalue weighted by molar-refractivity contribution is 0.413. The van der Waals surface area contributed by atoms with E-state index in [0.29, 0.717) is 5.92 Å². The molecule has 0 aliphatic rings. The Balaban J connectivity index is 3.10. The molecule has 0 saturated heterocycles. The molecule has 1 nitrogen and oxygen atoms in total. The molecule has 0 heterocycles. The van der Waals surface area contributed by atoms with Gasteiger partial charge in [0.1, 0.15) is 5.75 Å². The van der Waals surface area contributed by atoms with E-state index in [1.54, 1.807) is 18.9 Å². The third kappa shape index (κ3) is 2.41. The van der Waals surface area contributed by atoms with Gasteiger partial charge in [-0.25, -0.2) is 0 Å². The lowest BCUT2D eigenvalue weighted by Gasteiger charge is -2.12. The molecule has 72 valence electrons. The molecule has 0 saturated carbocycles. The van der Waals surface area contributed by atoms with E-state index in [1.165, 1.54) is 10.5 Å². The first-order valence-corrected chi connectivity index (χ1v) is 5.63. The molecule has 1 aromatic carbocycles. The van der Waals surface area contributed by atoms with Crippen molar-refractivity contribution >= 4 is 11.8 Å². The van der Waals surface area contributed by atoms with Crippen molar-refractivity contribution in [3.05, 3.63) is 23.8 Å². The molecular weight excluding hydrogens is 180 g/mol. The molecule has 0 N–H and O–H groups in total. The maximum absolute atomic E-state index is 5.20. The summed E-state index contributed by atoms with van der Waals surface area (Å²) >= 11 is 1.79. The minimum Gasteiger partial charge on any atom is -0.497 e. The fourth-order valence-electron chi connectivity index (χ4n) is 1.29. The van der Waals surface area contributed by atoms with E-state index in [1.807, 2.05) is 6.07 Å². The van der Waals surface area contributed by atoms with Gasteiger partial charge in [-0.1, -0.05) is 13.8 Å². The maximum atomic E-state index is 5.20. The van der Waals surface area contributed by atoms with Gasteiger partial charge in [0.25, 0.3) is 0 Å². The summed E-state index contributed by atoms with van der Waals surface area (Å²) in [5.74, 6) is 1.50. The van der Waals surface area contributed by atoms with Crippen LogP contribution in [0.25, 0.3) is 0 Å². The lowest BCUT2D eigenvalue weighted by atomic mass is 10.0. The quantitative estimate of drug-likeness (QED) is 0.684. The summed E-state index contributed by atoms with van der Waals surface area (Å²) in [6, 6.07) is 6.26. The van der Waals surface area contributed by atoms with Crippen molar-refractivity contribution < 1.29 is 4.74 Å². The highest BCUT2D eigenvalue weighted by Gasteiger charge is 2.06. The molecule has 0 aromatic heterocycles. The zero-order chi connectivity index (χ0) is 9.84. The van der Waals surface area contributed by atoms with Gasteiger partial charge in [0.05, 0.1) is 7.11 Å². The maximum Gasteiger partial charge on any atom is 0.119 e. The van der Waals surface area contributed by atoms with E-state index in [0.717, 1.165) is 5.75 Å². The molecule has 0 radical (unpaired) electrons. The summed E-state index contributed by atoms with van der Waals surface area (Å²) in [4.78, 5) is 1.34. The Kier molecular flexibility index (Phi) is 3.67. The molecule has 13 heavy (non-hydrogen) atoms. The Morgan fingerprint density at radius 3 is 2.46 bits per heavy atom. The van der Waals surface area contributed by atoms with Crippen LogP contribution in [0.5, 0.6) is 5.75 Å². The lowest BCUT2D eigenvalue weighted by Crippen LogP contribution is -1.92. The second kappa shape index (κ2) is 4.56. The first-order valence-electron chi connectivity index (χ1n) is 4.41. The van der Waals surface area contributed by atoms with Gasteiger partial charge in [-0.2, -0.15) is 0 Å². The summed E-state index contributed by atoms with van der Waals surface area (Å²) < 4.78 is 5.20. The monoisotopic (exact) mass is 196 g/mol. The number of thioether (sulfide) groups is 1. The molecular formula is C11H16OS. The van der Waals surface area contributed by atoms with Crippen LogP contribution in [0.4, 0.5) is 0 Å². The third-order valence-electron chi connectivity index (χ3n) is 2.06. The van der Waals surface area contributed by atoms with E-state index in [2.05, 4.69) is 32.2 Å². The van der Waals surface area contributed by atoms with Gasteiger partial charge >= 0.3 is 0 Å². The van der Waals surface area contributed by atoms with Gasteiger partial charge in [-0.15, -0.1) is 11.8 Å².